The molecule has 0 bridgehead atoms. The van der Waals surface area contributed by atoms with Crippen LogP contribution in [0.1, 0.15) is 21.6 Å². The molecule has 0 radical (unpaired) electrons. The molecule has 0 aliphatic rings. The summed E-state index contributed by atoms with van der Waals surface area (Å²) in [6.45, 7) is 6.82. The Labute approximate surface area is 147 Å². The highest BCUT2D eigenvalue weighted by molar-refractivity contribution is 7.15. The lowest BCUT2D eigenvalue weighted by Crippen LogP contribution is -1.96. The first-order valence-electron chi connectivity index (χ1n) is 7.96. The van der Waals surface area contributed by atoms with E-state index in [9.17, 15) is 0 Å². The van der Waals surface area contributed by atoms with Gasteiger partial charge in [-0.2, -0.15) is 0 Å². The van der Waals surface area contributed by atoms with Crippen LogP contribution in [0.3, 0.4) is 0 Å². The third-order valence-corrected chi connectivity index (χ3v) is 5.10. The van der Waals surface area contributed by atoms with Gasteiger partial charge in [-0.3, -0.25) is 0 Å². The van der Waals surface area contributed by atoms with E-state index >= 15 is 0 Å². The molecule has 24 heavy (non-hydrogen) atoms. The topological polar surface area (TPSA) is 48.1 Å². The van der Waals surface area contributed by atoms with Crippen molar-refractivity contribution in [2.75, 3.05) is 7.11 Å². The number of hydrogen-bond acceptors (Lipinski definition) is 4. The van der Waals surface area contributed by atoms with Gasteiger partial charge in [0, 0.05) is 22.5 Å². The number of hydrogen-bond donors (Lipinski definition) is 1. The molecule has 4 heteroatoms. The summed E-state index contributed by atoms with van der Waals surface area (Å²) in [5.41, 5.74) is 12.4. The van der Waals surface area contributed by atoms with Crippen LogP contribution in [0.2, 0.25) is 0 Å². The SMILES string of the molecule is COc1c(C)cc(C)cc1-c1nc(-c2cccc(CN)c2)sc1C. The molecule has 0 aliphatic carbocycles. The number of aryl methyl sites for hydroxylation is 3. The van der Waals surface area contributed by atoms with Gasteiger partial charge in [0.25, 0.3) is 0 Å². The molecule has 0 saturated carbocycles. The molecule has 2 aromatic carbocycles. The van der Waals surface area contributed by atoms with Gasteiger partial charge in [0.15, 0.2) is 0 Å². The molecule has 3 rings (SSSR count). The maximum absolute atomic E-state index is 5.76. The first kappa shape index (κ1) is 16.7. The van der Waals surface area contributed by atoms with Crippen molar-refractivity contribution in [3.05, 3.63) is 58.0 Å². The van der Waals surface area contributed by atoms with Crippen molar-refractivity contribution in [3.63, 3.8) is 0 Å². The first-order chi connectivity index (χ1) is 11.5. The lowest BCUT2D eigenvalue weighted by molar-refractivity contribution is 0.413. The molecule has 0 saturated heterocycles. The molecular formula is C20H22N2OS. The third kappa shape index (κ3) is 3.07. The summed E-state index contributed by atoms with van der Waals surface area (Å²) >= 11 is 1.70. The van der Waals surface area contributed by atoms with Crippen LogP contribution in [0.15, 0.2) is 36.4 Å². The third-order valence-electron chi connectivity index (χ3n) is 4.08. The molecule has 3 nitrogen and oxygen atoms in total. The van der Waals surface area contributed by atoms with Crippen LogP contribution >= 0.6 is 11.3 Å². The van der Waals surface area contributed by atoms with Crippen LogP contribution in [-0.4, -0.2) is 12.1 Å². The monoisotopic (exact) mass is 338 g/mol. The molecule has 0 fully saturated rings. The van der Waals surface area contributed by atoms with E-state index in [1.165, 1.54) is 10.4 Å². The molecule has 0 unspecified atom stereocenters. The molecule has 0 spiro atoms. The second-order valence-electron chi connectivity index (χ2n) is 5.99. The smallest absolute Gasteiger partial charge is 0.131 e. The summed E-state index contributed by atoms with van der Waals surface area (Å²) in [6.07, 6.45) is 0. The van der Waals surface area contributed by atoms with Crippen LogP contribution in [0.5, 0.6) is 5.75 Å². The molecule has 3 aromatic rings. The maximum atomic E-state index is 5.76. The zero-order chi connectivity index (χ0) is 17.3. The van der Waals surface area contributed by atoms with Crippen LogP contribution in [0, 0.1) is 20.8 Å². The minimum Gasteiger partial charge on any atom is -0.496 e. The minimum absolute atomic E-state index is 0.538. The Morgan fingerprint density at radius 2 is 1.92 bits per heavy atom. The predicted molar refractivity (Wildman–Crippen MR) is 102 cm³/mol. The van der Waals surface area contributed by atoms with Crippen LogP contribution < -0.4 is 10.5 Å². The van der Waals surface area contributed by atoms with Gasteiger partial charge < -0.3 is 10.5 Å². The molecule has 0 atom stereocenters. The Bertz CT molecular complexity index is 883. The highest BCUT2D eigenvalue weighted by atomic mass is 32.1. The van der Waals surface area contributed by atoms with Crippen molar-refractivity contribution in [1.29, 1.82) is 0 Å². The highest BCUT2D eigenvalue weighted by Gasteiger charge is 2.17. The fourth-order valence-corrected chi connectivity index (χ4v) is 3.93. The van der Waals surface area contributed by atoms with E-state index in [0.717, 1.165) is 38.7 Å². The molecule has 0 amide bonds. The summed E-state index contributed by atoms with van der Waals surface area (Å²) in [6, 6.07) is 12.5. The molecule has 2 N–H and O–H groups in total. The van der Waals surface area contributed by atoms with Gasteiger partial charge in [0.05, 0.1) is 12.8 Å². The van der Waals surface area contributed by atoms with E-state index < -0.39 is 0 Å². The normalized spacial score (nSPS) is 10.9. The molecule has 1 aromatic heterocycles. The Hall–Kier alpha value is -2.17. The molecular weight excluding hydrogens is 316 g/mol. The van der Waals surface area contributed by atoms with Gasteiger partial charge >= 0.3 is 0 Å². The van der Waals surface area contributed by atoms with Gasteiger partial charge in [-0.15, -0.1) is 11.3 Å². The summed E-state index contributed by atoms with van der Waals surface area (Å²) in [5, 5.41) is 1.01. The molecule has 1 heterocycles. The number of benzene rings is 2. The molecule has 0 aliphatic heterocycles. The number of thiazole rings is 1. The van der Waals surface area contributed by atoms with Crippen molar-refractivity contribution in [2.45, 2.75) is 27.3 Å². The van der Waals surface area contributed by atoms with Crippen molar-refractivity contribution in [2.24, 2.45) is 5.73 Å². The predicted octanol–water partition coefficient (Wildman–Crippen LogP) is 4.87. The summed E-state index contributed by atoms with van der Waals surface area (Å²) in [7, 11) is 1.72. The van der Waals surface area contributed by atoms with E-state index in [4.69, 9.17) is 15.5 Å². The van der Waals surface area contributed by atoms with Crippen molar-refractivity contribution in [1.82, 2.24) is 4.98 Å². The Balaban J connectivity index is 2.13. The highest BCUT2D eigenvalue weighted by Crippen LogP contribution is 2.39. The second kappa shape index (κ2) is 6.75. The van der Waals surface area contributed by atoms with E-state index in [0.29, 0.717) is 6.54 Å². The first-order valence-corrected chi connectivity index (χ1v) is 8.77. The number of ether oxygens (including phenoxy) is 1. The maximum Gasteiger partial charge on any atom is 0.131 e. The molecule has 124 valence electrons. The number of nitrogens with two attached hydrogens (primary N) is 1. The zero-order valence-electron chi connectivity index (χ0n) is 14.5. The Kier molecular flexibility index (Phi) is 4.69. The van der Waals surface area contributed by atoms with E-state index in [1.807, 2.05) is 12.1 Å². The van der Waals surface area contributed by atoms with Crippen LogP contribution in [0.4, 0.5) is 0 Å². The number of aromatic nitrogens is 1. The fourth-order valence-electron chi connectivity index (χ4n) is 3.00. The Morgan fingerprint density at radius 3 is 2.62 bits per heavy atom. The van der Waals surface area contributed by atoms with Crippen molar-refractivity contribution in [3.8, 4) is 27.6 Å². The second-order valence-corrected chi connectivity index (χ2v) is 7.19. The number of methoxy groups -OCH3 is 1. The van der Waals surface area contributed by atoms with Gasteiger partial charge in [-0.25, -0.2) is 4.98 Å². The van der Waals surface area contributed by atoms with Gasteiger partial charge in [0.1, 0.15) is 10.8 Å². The lowest BCUT2D eigenvalue weighted by Gasteiger charge is -2.12. The minimum atomic E-state index is 0.538. The van der Waals surface area contributed by atoms with Crippen molar-refractivity contribution < 1.29 is 4.74 Å². The van der Waals surface area contributed by atoms with E-state index in [-0.39, 0.29) is 0 Å². The largest absolute Gasteiger partial charge is 0.496 e. The Morgan fingerprint density at radius 1 is 1.12 bits per heavy atom. The van der Waals surface area contributed by atoms with Gasteiger partial charge in [0.2, 0.25) is 0 Å². The number of rotatable bonds is 4. The van der Waals surface area contributed by atoms with Gasteiger partial charge in [-0.05, 0) is 49.6 Å². The standard InChI is InChI=1S/C20H22N2OS/c1-12-8-13(2)19(23-4)17(9-12)18-14(3)24-20(22-18)16-7-5-6-15(10-16)11-21/h5-10H,11,21H2,1-4H3. The number of nitrogens with zero attached hydrogens (tertiary/aromatic N) is 1. The van der Waals surface area contributed by atoms with Crippen LogP contribution in [-0.2, 0) is 6.54 Å². The lowest BCUT2D eigenvalue weighted by atomic mass is 10.0. The summed E-state index contributed by atoms with van der Waals surface area (Å²) in [4.78, 5) is 6.10. The fraction of sp³-hybridized carbons (Fsp3) is 0.250. The average molecular weight is 338 g/mol. The summed E-state index contributed by atoms with van der Waals surface area (Å²) in [5.74, 6) is 0.899. The summed E-state index contributed by atoms with van der Waals surface area (Å²) < 4.78 is 5.64. The van der Waals surface area contributed by atoms with Crippen molar-refractivity contribution >= 4 is 11.3 Å². The zero-order valence-corrected chi connectivity index (χ0v) is 15.3. The average Bonchev–Trinajstić information content (AvgIpc) is 2.96. The quantitative estimate of drug-likeness (QED) is 0.738. The van der Waals surface area contributed by atoms with E-state index in [1.54, 1.807) is 18.4 Å². The van der Waals surface area contributed by atoms with Crippen LogP contribution in [0.25, 0.3) is 21.8 Å². The van der Waals surface area contributed by atoms with Gasteiger partial charge in [-0.1, -0.05) is 24.3 Å². The van der Waals surface area contributed by atoms with E-state index in [2.05, 4.69) is 45.0 Å².